The summed E-state index contributed by atoms with van der Waals surface area (Å²) in [4.78, 5) is 20.6. The molecule has 0 aliphatic carbocycles. The number of fused-ring (bicyclic) bond motifs is 2. The number of aromatic nitrogens is 5. The molecule has 7 rings (SSSR count). The fraction of sp³-hybridized carbons (Fsp3) is 0.345. The number of nitrogens with zero attached hydrogens (tertiary/aromatic N) is 6. The van der Waals surface area contributed by atoms with Gasteiger partial charge in [0.25, 0.3) is 0 Å². The normalized spacial score (nSPS) is 17.4. The van der Waals surface area contributed by atoms with Crippen LogP contribution in [0.5, 0.6) is 0 Å². The van der Waals surface area contributed by atoms with Crippen molar-refractivity contribution >= 4 is 27.6 Å². The second-order valence-electron chi connectivity index (χ2n) is 10.4. The fourth-order valence-electron chi connectivity index (χ4n) is 5.75. The molecule has 188 valence electrons. The second kappa shape index (κ2) is 9.28. The molecule has 5 aromatic rings. The number of likely N-dealkylation sites (N-methyl/N-ethyl adjacent to an activating group) is 1. The van der Waals surface area contributed by atoms with Crippen LogP contribution in [0.2, 0.25) is 0 Å². The van der Waals surface area contributed by atoms with E-state index in [-0.39, 0.29) is 0 Å². The third kappa shape index (κ3) is 4.26. The fourth-order valence-corrected chi connectivity index (χ4v) is 5.75. The summed E-state index contributed by atoms with van der Waals surface area (Å²) in [6.07, 6.45) is 6.47. The van der Waals surface area contributed by atoms with Crippen molar-refractivity contribution in [2.75, 3.05) is 51.2 Å². The van der Waals surface area contributed by atoms with E-state index in [9.17, 15) is 0 Å². The molecule has 0 unspecified atom stereocenters. The maximum absolute atomic E-state index is 5.06. The van der Waals surface area contributed by atoms with Crippen molar-refractivity contribution in [3.05, 3.63) is 60.4 Å². The van der Waals surface area contributed by atoms with Gasteiger partial charge < -0.3 is 14.8 Å². The summed E-state index contributed by atoms with van der Waals surface area (Å²) in [5.41, 5.74) is 9.22. The Morgan fingerprint density at radius 2 is 1.76 bits per heavy atom. The lowest BCUT2D eigenvalue weighted by atomic mass is 10.1. The highest BCUT2D eigenvalue weighted by Gasteiger charge is 2.19. The molecule has 0 radical (unpaired) electrons. The summed E-state index contributed by atoms with van der Waals surface area (Å²) < 4.78 is 0. The van der Waals surface area contributed by atoms with Crippen LogP contribution in [0.4, 0.5) is 5.69 Å². The number of anilines is 1. The van der Waals surface area contributed by atoms with Crippen LogP contribution in [0.3, 0.4) is 0 Å². The SMILES string of the molecule is CN1CCN(c2cccc3[nH]c(-c4n[nH]c5ccc(-c6cncc(CN7CCCC7)c6)nc45)cc23)CC1. The molecule has 4 aromatic heterocycles. The number of hydrogen-bond donors (Lipinski definition) is 2. The number of hydrogen-bond acceptors (Lipinski definition) is 6. The lowest BCUT2D eigenvalue weighted by Gasteiger charge is -2.34. The third-order valence-corrected chi connectivity index (χ3v) is 7.84. The van der Waals surface area contributed by atoms with E-state index in [0.29, 0.717) is 0 Å². The average Bonchev–Trinajstić information content (AvgIpc) is 3.68. The highest BCUT2D eigenvalue weighted by Crippen LogP contribution is 2.34. The molecule has 2 aliphatic heterocycles. The molecule has 0 spiro atoms. The molecule has 37 heavy (non-hydrogen) atoms. The zero-order valence-corrected chi connectivity index (χ0v) is 21.2. The number of aromatic amines is 2. The topological polar surface area (TPSA) is 80.0 Å². The van der Waals surface area contributed by atoms with Crippen LogP contribution in [0.15, 0.2) is 54.9 Å². The average molecular weight is 493 g/mol. The predicted molar refractivity (Wildman–Crippen MR) is 149 cm³/mol. The highest BCUT2D eigenvalue weighted by atomic mass is 15.2. The molecule has 2 N–H and O–H groups in total. The van der Waals surface area contributed by atoms with Gasteiger partial charge in [-0.2, -0.15) is 5.10 Å². The van der Waals surface area contributed by atoms with Gasteiger partial charge in [0.15, 0.2) is 0 Å². The van der Waals surface area contributed by atoms with Crippen LogP contribution in [0.25, 0.3) is 44.6 Å². The molecule has 0 atom stereocenters. The van der Waals surface area contributed by atoms with Crippen LogP contribution in [0.1, 0.15) is 18.4 Å². The Bertz CT molecular complexity index is 1550. The number of rotatable bonds is 5. The Balaban J connectivity index is 1.24. The minimum absolute atomic E-state index is 0.846. The Hall–Kier alpha value is -3.75. The van der Waals surface area contributed by atoms with Crippen molar-refractivity contribution in [1.82, 2.24) is 34.9 Å². The van der Waals surface area contributed by atoms with Crippen molar-refractivity contribution in [3.63, 3.8) is 0 Å². The van der Waals surface area contributed by atoms with Crippen LogP contribution in [-0.2, 0) is 6.54 Å². The molecule has 8 nitrogen and oxygen atoms in total. The Kier molecular flexibility index (Phi) is 5.63. The Morgan fingerprint density at radius 3 is 2.62 bits per heavy atom. The molecule has 0 amide bonds. The lowest BCUT2D eigenvalue weighted by Crippen LogP contribution is -2.44. The van der Waals surface area contributed by atoms with Gasteiger partial charge in [0.1, 0.15) is 11.2 Å². The third-order valence-electron chi connectivity index (χ3n) is 7.84. The zero-order valence-electron chi connectivity index (χ0n) is 21.2. The minimum atomic E-state index is 0.846. The number of H-pyrrole nitrogens is 2. The standard InChI is InChI=1S/C29H32N8/c1-35-11-13-37(14-12-35)27-6-4-5-24-22(27)16-26(31-24)29-28-25(33-34-29)8-7-23(32-28)21-15-20(17-30-18-21)19-36-9-2-3-10-36/h4-8,15-18,31H,2-3,9-14,19H2,1H3,(H,33,34). The smallest absolute Gasteiger partial charge is 0.135 e. The van der Waals surface area contributed by atoms with Crippen molar-refractivity contribution in [3.8, 4) is 22.6 Å². The van der Waals surface area contributed by atoms with Gasteiger partial charge in [0.2, 0.25) is 0 Å². The number of piperazine rings is 1. The lowest BCUT2D eigenvalue weighted by molar-refractivity contribution is 0.313. The van der Waals surface area contributed by atoms with Gasteiger partial charge in [-0.25, -0.2) is 4.98 Å². The maximum atomic E-state index is 5.06. The van der Waals surface area contributed by atoms with E-state index in [4.69, 9.17) is 4.98 Å². The molecule has 2 fully saturated rings. The summed E-state index contributed by atoms with van der Waals surface area (Å²) in [5.74, 6) is 0. The van der Waals surface area contributed by atoms with Crippen LogP contribution in [-0.4, -0.2) is 81.3 Å². The minimum Gasteiger partial charge on any atom is -0.368 e. The first-order valence-electron chi connectivity index (χ1n) is 13.3. The van der Waals surface area contributed by atoms with Gasteiger partial charge in [0, 0.05) is 67.3 Å². The zero-order chi connectivity index (χ0) is 24.8. The van der Waals surface area contributed by atoms with E-state index in [1.54, 1.807) is 0 Å². The molecule has 8 heteroatoms. The van der Waals surface area contributed by atoms with Crippen LogP contribution < -0.4 is 4.90 Å². The van der Waals surface area contributed by atoms with E-state index in [1.165, 1.54) is 42.6 Å². The van der Waals surface area contributed by atoms with E-state index in [1.807, 2.05) is 12.4 Å². The number of likely N-dealkylation sites (tertiary alicyclic amines) is 1. The number of pyridine rings is 2. The van der Waals surface area contributed by atoms with Crippen LogP contribution >= 0.6 is 0 Å². The number of benzene rings is 1. The first-order chi connectivity index (χ1) is 18.2. The molecule has 0 bridgehead atoms. The van der Waals surface area contributed by atoms with E-state index >= 15 is 0 Å². The Morgan fingerprint density at radius 1 is 0.892 bits per heavy atom. The molecule has 1 aromatic carbocycles. The molecule has 0 saturated carbocycles. The van der Waals surface area contributed by atoms with E-state index in [0.717, 1.165) is 71.9 Å². The van der Waals surface area contributed by atoms with Crippen LogP contribution in [0, 0.1) is 0 Å². The monoisotopic (exact) mass is 492 g/mol. The predicted octanol–water partition coefficient (Wildman–Crippen LogP) is 4.52. The first kappa shape index (κ1) is 22.4. The largest absolute Gasteiger partial charge is 0.368 e. The summed E-state index contributed by atoms with van der Waals surface area (Å²) in [7, 11) is 2.19. The van der Waals surface area contributed by atoms with E-state index < -0.39 is 0 Å². The summed E-state index contributed by atoms with van der Waals surface area (Å²) in [6, 6.07) is 15.1. The summed E-state index contributed by atoms with van der Waals surface area (Å²) >= 11 is 0. The van der Waals surface area contributed by atoms with Crippen molar-refractivity contribution < 1.29 is 0 Å². The summed E-state index contributed by atoms with van der Waals surface area (Å²) in [6.45, 7) is 7.54. The highest BCUT2D eigenvalue weighted by molar-refractivity contribution is 5.99. The molecular weight excluding hydrogens is 460 g/mol. The van der Waals surface area contributed by atoms with Crippen molar-refractivity contribution in [1.29, 1.82) is 0 Å². The second-order valence-corrected chi connectivity index (χ2v) is 10.4. The van der Waals surface area contributed by atoms with Gasteiger partial charge in [-0.05, 0) is 74.9 Å². The first-order valence-corrected chi connectivity index (χ1v) is 13.3. The van der Waals surface area contributed by atoms with Gasteiger partial charge in [-0.3, -0.25) is 15.0 Å². The number of nitrogens with one attached hydrogen (secondary N) is 2. The van der Waals surface area contributed by atoms with Gasteiger partial charge >= 0.3 is 0 Å². The van der Waals surface area contributed by atoms with Gasteiger partial charge in [-0.15, -0.1) is 0 Å². The maximum Gasteiger partial charge on any atom is 0.135 e. The quantitative estimate of drug-likeness (QED) is 0.376. The molecule has 2 saturated heterocycles. The molecular formula is C29H32N8. The van der Waals surface area contributed by atoms with Crippen molar-refractivity contribution in [2.24, 2.45) is 0 Å². The van der Waals surface area contributed by atoms with Gasteiger partial charge in [0.05, 0.1) is 16.9 Å². The Labute approximate surface area is 216 Å². The van der Waals surface area contributed by atoms with Crippen molar-refractivity contribution in [2.45, 2.75) is 19.4 Å². The molecule has 2 aliphatic rings. The summed E-state index contributed by atoms with van der Waals surface area (Å²) in [5, 5.41) is 9.08. The van der Waals surface area contributed by atoms with E-state index in [2.05, 4.69) is 84.4 Å². The van der Waals surface area contributed by atoms with Gasteiger partial charge in [-0.1, -0.05) is 6.07 Å². The molecule has 6 heterocycles.